The fraction of sp³-hybridized carbons (Fsp3) is 0.625. The second-order valence-electron chi connectivity index (χ2n) is 5.33. The molecule has 0 saturated carbocycles. The lowest BCUT2D eigenvalue weighted by Gasteiger charge is -2.26. The van der Waals surface area contributed by atoms with E-state index in [1.54, 1.807) is 0 Å². The number of rotatable bonds is 9. The van der Waals surface area contributed by atoms with E-state index in [4.69, 9.17) is 0 Å². The van der Waals surface area contributed by atoms with Crippen LogP contribution < -0.4 is 5.32 Å². The zero-order valence-corrected chi connectivity index (χ0v) is 14.1. The Morgan fingerprint density at radius 1 is 1.19 bits per heavy atom. The van der Waals surface area contributed by atoms with Crippen molar-refractivity contribution in [2.24, 2.45) is 0 Å². The maximum atomic E-state index is 4.35. The molecular weight excluding hydrogens is 280 g/mol. The van der Waals surface area contributed by atoms with Gasteiger partial charge in [0.2, 0.25) is 0 Å². The van der Waals surface area contributed by atoms with Crippen molar-refractivity contribution in [3.05, 3.63) is 24.4 Å². The van der Waals surface area contributed by atoms with Crippen molar-refractivity contribution < 1.29 is 0 Å². The second-order valence-corrected chi connectivity index (χ2v) is 6.53. The van der Waals surface area contributed by atoms with E-state index in [-0.39, 0.29) is 0 Å². The lowest BCUT2D eigenvalue weighted by atomic mass is 10.1. The van der Waals surface area contributed by atoms with Crippen LogP contribution in [0.15, 0.2) is 29.6 Å². The van der Waals surface area contributed by atoms with Crippen molar-refractivity contribution in [1.29, 1.82) is 0 Å². The highest BCUT2D eigenvalue weighted by atomic mass is 32.2. The summed E-state index contributed by atoms with van der Waals surface area (Å²) in [6.07, 6.45) is 6.77. The summed E-state index contributed by atoms with van der Waals surface area (Å²) in [5, 5.41) is 13.8. The average molecular weight is 306 g/mol. The second kappa shape index (κ2) is 8.39. The molecule has 0 saturated heterocycles. The standard InChI is InChI=1S/C16H26N4S/c1-4-9-13(17-11-5-2)14(6-3)21-16-19-18-15-10-7-8-12-20(15)16/h7-8,10,12-14,17H,4-6,9,11H2,1-3H3. The quantitative estimate of drug-likeness (QED) is 0.716. The molecule has 1 N–H and O–H groups in total. The lowest BCUT2D eigenvalue weighted by Crippen LogP contribution is -2.38. The fourth-order valence-electron chi connectivity index (χ4n) is 2.55. The number of fused-ring (bicyclic) bond motifs is 1. The number of nitrogens with one attached hydrogen (secondary N) is 1. The maximum Gasteiger partial charge on any atom is 0.195 e. The number of pyridine rings is 1. The highest BCUT2D eigenvalue weighted by Gasteiger charge is 2.22. The van der Waals surface area contributed by atoms with E-state index in [0.717, 1.165) is 23.8 Å². The van der Waals surface area contributed by atoms with Gasteiger partial charge in [0.05, 0.1) is 0 Å². The number of hydrogen-bond donors (Lipinski definition) is 1. The minimum atomic E-state index is 0.532. The summed E-state index contributed by atoms with van der Waals surface area (Å²) in [5.74, 6) is 0. The van der Waals surface area contributed by atoms with Crippen LogP contribution in [-0.2, 0) is 0 Å². The van der Waals surface area contributed by atoms with Gasteiger partial charge in [-0.2, -0.15) is 0 Å². The van der Waals surface area contributed by atoms with Gasteiger partial charge in [0.1, 0.15) is 0 Å². The van der Waals surface area contributed by atoms with E-state index in [0.29, 0.717) is 11.3 Å². The van der Waals surface area contributed by atoms with Crippen molar-refractivity contribution >= 4 is 17.4 Å². The van der Waals surface area contributed by atoms with E-state index >= 15 is 0 Å². The number of hydrogen-bond acceptors (Lipinski definition) is 4. The highest BCUT2D eigenvalue weighted by Crippen LogP contribution is 2.28. The molecule has 0 amide bonds. The first-order chi connectivity index (χ1) is 10.3. The number of nitrogens with zero attached hydrogens (tertiary/aromatic N) is 3. The zero-order chi connectivity index (χ0) is 15.1. The third-order valence-electron chi connectivity index (χ3n) is 3.65. The summed E-state index contributed by atoms with van der Waals surface area (Å²) in [7, 11) is 0. The molecule has 2 aromatic rings. The summed E-state index contributed by atoms with van der Waals surface area (Å²) in [6.45, 7) is 7.82. The van der Waals surface area contributed by atoms with Gasteiger partial charge in [0.25, 0.3) is 0 Å². The van der Waals surface area contributed by atoms with Crippen LogP contribution in [0.4, 0.5) is 0 Å². The summed E-state index contributed by atoms with van der Waals surface area (Å²) in [5.41, 5.74) is 0.920. The average Bonchev–Trinajstić information content (AvgIpc) is 2.92. The van der Waals surface area contributed by atoms with Gasteiger partial charge in [-0.05, 0) is 37.9 Å². The van der Waals surface area contributed by atoms with Gasteiger partial charge in [-0.25, -0.2) is 0 Å². The Morgan fingerprint density at radius 3 is 2.76 bits per heavy atom. The molecule has 21 heavy (non-hydrogen) atoms. The Balaban J connectivity index is 2.12. The van der Waals surface area contributed by atoms with Gasteiger partial charge in [0, 0.05) is 17.5 Å². The molecule has 0 aliphatic rings. The monoisotopic (exact) mass is 306 g/mol. The fourth-order valence-corrected chi connectivity index (χ4v) is 3.74. The van der Waals surface area contributed by atoms with Crippen molar-refractivity contribution in [3.8, 4) is 0 Å². The van der Waals surface area contributed by atoms with Gasteiger partial charge in [-0.3, -0.25) is 4.40 Å². The molecule has 0 spiro atoms. The third kappa shape index (κ3) is 4.20. The summed E-state index contributed by atoms with van der Waals surface area (Å²) >= 11 is 1.85. The Bertz CT molecular complexity index is 540. The number of aromatic nitrogens is 3. The van der Waals surface area contributed by atoms with E-state index < -0.39 is 0 Å². The van der Waals surface area contributed by atoms with Crippen molar-refractivity contribution in [2.45, 2.75) is 62.9 Å². The molecule has 5 heteroatoms. The highest BCUT2D eigenvalue weighted by molar-refractivity contribution is 7.99. The van der Waals surface area contributed by atoms with Crippen molar-refractivity contribution in [3.63, 3.8) is 0 Å². The van der Waals surface area contributed by atoms with E-state index in [9.17, 15) is 0 Å². The Labute approximate surface area is 131 Å². The number of thioether (sulfide) groups is 1. The van der Waals surface area contributed by atoms with Crippen LogP contribution in [0.3, 0.4) is 0 Å². The molecular formula is C16H26N4S. The molecule has 0 fully saturated rings. The van der Waals surface area contributed by atoms with Crippen LogP contribution in [0.5, 0.6) is 0 Å². The Kier molecular flexibility index (Phi) is 6.51. The summed E-state index contributed by atoms with van der Waals surface area (Å²) in [4.78, 5) is 0. The van der Waals surface area contributed by atoms with E-state index in [1.807, 2.05) is 36.2 Å². The minimum Gasteiger partial charge on any atom is -0.313 e. The molecule has 0 aliphatic carbocycles. The predicted molar refractivity (Wildman–Crippen MR) is 89.9 cm³/mol. The van der Waals surface area contributed by atoms with Crippen LogP contribution in [0.25, 0.3) is 5.65 Å². The van der Waals surface area contributed by atoms with Crippen LogP contribution >= 0.6 is 11.8 Å². The zero-order valence-electron chi connectivity index (χ0n) is 13.2. The molecule has 4 nitrogen and oxygen atoms in total. The van der Waals surface area contributed by atoms with Crippen LogP contribution in [-0.4, -0.2) is 32.4 Å². The normalized spacial score (nSPS) is 14.4. The van der Waals surface area contributed by atoms with Crippen LogP contribution in [0.2, 0.25) is 0 Å². The smallest absolute Gasteiger partial charge is 0.195 e. The predicted octanol–water partition coefficient (Wildman–Crippen LogP) is 3.77. The molecule has 116 valence electrons. The minimum absolute atomic E-state index is 0.532. The molecule has 2 heterocycles. The molecule has 2 rings (SSSR count). The van der Waals surface area contributed by atoms with Crippen LogP contribution in [0.1, 0.15) is 46.5 Å². The first-order valence-electron chi connectivity index (χ1n) is 7.99. The summed E-state index contributed by atoms with van der Waals surface area (Å²) in [6, 6.07) is 6.57. The first-order valence-corrected chi connectivity index (χ1v) is 8.87. The Morgan fingerprint density at radius 2 is 2.05 bits per heavy atom. The molecule has 0 aromatic carbocycles. The van der Waals surface area contributed by atoms with Gasteiger partial charge >= 0.3 is 0 Å². The largest absolute Gasteiger partial charge is 0.313 e. The van der Waals surface area contributed by atoms with Gasteiger partial charge in [-0.15, -0.1) is 10.2 Å². The lowest BCUT2D eigenvalue weighted by molar-refractivity contribution is 0.454. The van der Waals surface area contributed by atoms with Crippen molar-refractivity contribution in [1.82, 2.24) is 19.9 Å². The first kappa shape index (κ1) is 16.3. The Hall–Kier alpha value is -1.07. The van der Waals surface area contributed by atoms with E-state index in [1.165, 1.54) is 19.3 Å². The molecule has 0 radical (unpaired) electrons. The van der Waals surface area contributed by atoms with Gasteiger partial charge in [0.15, 0.2) is 10.8 Å². The molecule has 2 aromatic heterocycles. The van der Waals surface area contributed by atoms with Crippen LogP contribution in [0, 0.1) is 0 Å². The molecule has 2 unspecified atom stereocenters. The topological polar surface area (TPSA) is 42.2 Å². The van der Waals surface area contributed by atoms with Gasteiger partial charge < -0.3 is 5.32 Å². The molecule has 0 bridgehead atoms. The van der Waals surface area contributed by atoms with Gasteiger partial charge in [-0.1, -0.05) is 45.0 Å². The SMILES string of the molecule is CCCNC(CCC)C(CC)Sc1nnc2ccccn12. The maximum absolute atomic E-state index is 4.35. The molecule has 0 aliphatic heterocycles. The summed E-state index contributed by atoms with van der Waals surface area (Å²) < 4.78 is 2.08. The van der Waals surface area contributed by atoms with E-state index in [2.05, 4.69) is 40.7 Å². The third-order valence-corrected chi connectivity index (χ3v) is 5.10. The van der Waals surface area contributed by atoms with Crippen molar-refractivity contribution in [2.75, 3.05) is 6.54 Å². The molecule has 2 atom stereocenters.